The molecule has 0 spiro atoms. The van der Waals surface area contributed by atoms with E-state index in [0.29, 0.717) is 5.02 Å². The number of hydrogen-bond donors (Lipinski definition) is 2. The molecule has 0 unspecified atom stereocenters. The summed E-state index contributed by atoms with van der Waals surface area (Å²) in [6.45, 7) is 0.0294. The zero-order valence-electron chi connectivity index (χ0n) is 10.7. The van der Waals surface area contributed by atoms with Crippen molar-refractivity contribution in [2.45, 2.75) is 6.42 Å². The molecule has 1 aliphatic rings. The standard InChI is InChI=1S/C12H11Cl2N3O3S/c13-6-3-7(14)11(8(15)4-6)16-9(18)1-2-17-10(19)5-21-12(17)20/h3-4H,1-2,5,15H2,(H,16,18). The van der Waals surface area contributed by atoms with Crippen LogP contribution in [-0.2, 0) is 9.59 Å². The van der Waals surface area contributed by atoms with Gasteiger partial charge >= 0.3 is 0 Å². The number of carbonyl (C=O) groups excluding carboxylic acids is 3. The molecule has 112 valence electrons. The fourth-order valence-corrected chi connectivity index (χ4v) is 3.05. The number of nitrogens with zero attached hydrogens (tertiary/aromatic N) is 1. The molecular formula is C12H11Cl2N3O3S. The van der Waals surface area contributed by atoms with Gasteiger partial charge in [-0.3, -0.25) is 19.3 Å². The molecule has 9 heteroatoms. The van der Waals surface area contributed by atoms with Crippen LogP contribution >= 0.6 is 35.0 Å². The van der Waals surface area contributed by atoms with Crippen LogP contribution < -0.4 is 11.1 Å². The third kappa shape index (κ3) is 3.81. The maximum atomic E-state index is 11.9. The highest BCUT2D eigenvalue weighted by Crippen LogP contribution is 2.32. The van der Waals surface area contributed by atoms with Crippen LogP contribution in [0.3, 0.4) is 0 Å². The van der Waals surface area contributed by atoms with E-state index < -0.39 is 5.91 Å². The van der Waals surface area contributed by atoms with Crippen LogP contribution in [0.2, 0.25) is 10.0 Å². The van der Waals surface area contributed by atoms with Gasteiger partial charge in [-0.1, -0.05) is 35.0 Å². The van der Waals surface area contributed by atoms with Crippen molar-refractivity contribution in [3.63, 3.8) is 0 Å². The van der Waals surface area contributed by atoms with E-state index in [4.69, 9.17) is 28.9 Å². The van der Waals surface area contributed by atoms with Crippen LogP contribution in [0.1, 0.15) is 6.42 Å². The van der Waals surface area contributed by atoms with Crippen LogP contribution in [0.4, 0.5) is 16.2 Å². The largest absolute Gasteiger partial charge is 0.397 e. The lowest BCUT2D eigenvalue weighted by molar-refractivity contribution is -0.125. The number of amides is 3. The maximum absolute atomic E-state index is 11.9. The third-order valence-electron chi connectivity index (χ3n) is 2.75. The molecule has 1 heterocycles. The van der Waals surface area contributed by atoms with Crippen molar-refractivity contribution in [1.82, 2.24) is 4.90 Å². The van der Waals surface area contributed by atoms with Gasteiger partial charge in [-0.15, -0.1) is 0 Å². The smallest absolute Gasteiger partial charge is 0.288 e. The number of thioether (sulfide) groups is 1. The predicted octanol–water partition coefficient (Wildman–Crippen LogP) is 2.60. The Hall–Kier alpha value is -1.44. The first-order chi connectivity index (χ1) is 9.88. The molecule has 0 bridgehead atoms. The first-order valence-electron chi connectivity index (χ1n) is 5.90. The van der Waals surface area contributed by atoms with Crippen LogP contribution in [0, 0.1) is 0 Å². The molecule has 0 saturated carbocycles. The van der Waals surface area contributed by atoms with Gasteiger partial charge in [-0.05, 0) is 12.1 Å². The number of hydrogen-bond acceptors (Lipinski definition) is 5. The highest BCUT2D eigenvalue weighted by molar-refractivity contribution is 8.14. The number of carbonyl (C=O) groups is 3. The summed E-state index contributed by atoms with van der Waals surface area (Å²) >= 11 is 12.7. The Morgan fingerprint density at radius 3 is 2.67 bits per heavy atom. The maximum Gasteiger partial charge on any atom is 0.288 e. The third-order valence-corrected chi connectivity index (χ3v) is 4.13. The number of rotatable bonds is 4. The van der Waals surface area contributed by atoms with Gasteiger partial charge in [0.05, 0.1) is 22.2 Å². The first kappa shape index (κ1) is 15.9. The van der Waals surface area contributed by atoms with E-state index in [1.54, 1.807) is 0 Å². The minimum absolute atomic E-state index is 0.0294. The van der Waals surface area contributed by atoms with E-state index in [0.717, 1.165) is 16.7 Å². The Labute approximate surface area is 134 Å². The molecule has 0 aromatic heterocycles. The van der Waals surface area contributed by atoms with Crippen molar-refractivity contribution >= 4 is 63.4 Å². The van der Waals surface area contributed by atoms with Crippen molar-refractivity contribution in [3.05, 3.63) is 22.2 Å². The lowest BCUT2D eigenvalue weighted by atomic mass is 10.2. The molecule has 0 aliphatic carbocycles. The Balaban J connectivity index is 1.96. The van der Waals surface area contributed by atoms with E-state index >= 15 is 0 Å². The number of anilines is 2. The van der Waals surface area contributed by atoms with Crippen LogP contribution in [-0.4, -0.2) is 34.3 Å². The highest BCUT2D eigenvalue weighted by atomic mass is 35.5. The topological polar surface area (TPSA) is 92.5 Å². The SMILES string of the molecule is Nc1cc(Cl)cc(Cl)c1NC(=O)CCN1C(=O)CSC1=O. The summed E-state index contributed by atoms with van der Waals surface area (Å²) in [6, 6.07) is 2.92. The predicted molar refractivity (Wildman–Crippen MR) is 83.7 cm³/mol. The Kier molecular flexibility index (Phi) is 4.97. The van der Waals surface area contributed by atoms with Crippen LogP contribution in [0.15, 0.2) is 12.1 Å². The highest BCUT2D eigenvalue weighted by Gasteiger charge is 2.29. The first-order valence-corrected chi connectivity index (χ1v) is 7.64. The van der Waals surface area contributed by atoms with Crippen LogP contribution in [0.5, 0.6) is 0 Å². The molecule has 3 amide bonds. The number of halogens is 2. The summed E-state index contributed by atoms with van der Waals surface area (Å²) in [6.07, 6.45) is -0.0313. The quantitative estimate of drug-likeness (QED) is 0.816. The number of nitrogen functional groups attached to an aromatic ring is 1. The van der Waals surface area contributed by atoms with Crippen molar-refractivity contribution in [1.29, 1.82) is 0 Å². The van der Waals surface area contributed by atoms with Gasteiger partial charge in [0.15, 0.2) is 0 Å². The van der Waals surface area contributed by atoms with Crippen molar-refractivity contribution in [2.75, 3.05) is 23.3 Å². The Morgan fingerprint density at radius 2 is 2.10 bits per heavy atom. The molecule has 0 radical (unpaired) electrons. The van der Waals surface area contributed by atoms with Gasteiger partial charge in [0.2, 0.25) is 11.8 Å². The second-order valence-corrected chi connectivity index (χ2v) is 6.02. The zero-order valence-corrected chi connectivity index (χ0v) is 13.0. The molecule has 3 N–H and O–H groups in total. The van der Waals surface area contributed by atoms with E-state index in [1.165, 1.54) is 12.1 Å². The van der Waals surface area contributed by atoms with Crippen molar-refractivity contribution < 1.29 is 14.4 Å². The molecule has 6 nitrogen and oxygen atoms in total. The molecule has 21 heavy (non-hydrogen) atoms. The summed E-state index contributed by atoms with van der Waals surface area (Å²) in [4.78, 5) is 35.7. The van der Waals surface area contributed by atoms with Gasteiger partial charge in [0.1, 0.15) is 0 Å². The van der Waals surface area contributed by atoms with Gasteiger partial charge in [-0.25, -0.2) is 0 Å². The van der Waals surface area contributed by atoms with E-state index in [1.807, 2.05) is 0 Å². The lowest BCUT2D eigenvalue weighted by Crippen LogP contribution is -2.32. The number of benzene rings is 1. The van der Waals surface area contributed by atoms with Crippen molar-refractivity contribution in [2.24, 2.45) is 0 Å². The molecule has 1 aliphatic heterocycles. The van der Waals surface area contributed by atoms with Gasteiger partial charge in [0, 0.05) is 18.0 Å². The number of nitrogens with one attached hydrogen (secondary N) is 1. The summed E-state index contributed by atoms with van der Waals surface area (Å²) < 4.78 is 0. The monoisotopic (exact) mass is 347 g/mol. The van der Waals surface area contributed by atoms with E-state index in [-0.39, 0.29) is 46.3 Å². The minimum Gasteiger partial charge on any atom is -0.397 e. The van der Waals surface area contributed by atoms with Crippen LogP contribution in [0.25, 0.3) is 0 Å². The molecule has 0 atom stereocenters. The van der Waals surface area contributed by atoms with E-state index in [2.05, 4.69) is 5.32 Å². The summed E-state index contributed by atoms with van der Waals surface area (Å²) in [5, 5.41) is 2.79. The zero-order chi connectivity index (χ0) is 15.6. The molecule has 1 fully saturated rings. The Bertz CT molecular complexity index is 585. The van der Waals surface area contributed by atoms with Gasteiger partial charge in [0.25, 0.3) is 5.24 Å². The normalized spacial score (nSPS) is 14.7. The summed E-state index contributed by atoms with van der Waals surface area (Å²) in [5.74, 6) is -0.568. The average molecular weight is 348 g/mol. The van der Waals surface area contributed by atoms with E-state index in [9.17, 15) is 14.4 Å². The minimum atomic E-state index is -0.400. The molecule has 1 aromatic carbocycles. The summed E-state index contributed by atoms with van der Waals surface area (Å²) in [5.41, 5.74) is 6.23. The summed E-state index contributed by atoms with van der Waals surface area (Å²) in [7, 11) is 0. The van der Waals surface area contributed by atoms with Gasteiger partial charge < -0.3 is 11.1 Å². The fraction of sp³-hybridized carbons (Fsp3) is 0.250. The number of imide groups is 1. The second-order valence-electron chi connectivity index (χ2n) is 4.25. The van der Waals surface area contributed by atoms with Gasteiger partial charge in [-0.2, -0.15) is 0 Å². The van der Waals surface area contributed by atoms with Crippen molar-refractivity contribution in [3.8, 4) is 0 Å². The fourth-order valence-electron chi connectivity index (χ4n) is 1.74. The number of nitrogens with two attached hydrogens (primary N) is 1. The molecule has 2 rings (SSSR count). The lowest BCUT2D eigenvalue weighted by Gasteiger charge is -2.14. The average Bonchev–Trinajstić information content (AvgIpc) is 2.71. The molecule has 1 aromatic rings. The molecule has 1 saturated heterocycles. The molecular weight excluding hydrogens is 337 g/mol. The second kappa shape index (κ2) is 6.55. The Morgan fingerprint density at radius 1 is 1.38 bits per heavy atom.